The molecule has 0 atom stereocenters. The first-order chi connectivity index (χ1) is 14.8. The first-order valence-electron chi connectivity index (χ1n) is 11.6. The van der Waals surface area contributed by atoms with Gasteiger partial charge in [-0.1, -0.05) is 71.6 Å². The average Bonchev–Trinajstić information content (AvgIpc) is 3.21. The van der Waals surface area contributed by atoms with Crippen LogP contribution in [0.5, 0.6) is 0 Å². The summed E-state index contributed by atoms with van der Waals surface area (Å²) in [6.07, 6.45) is 12.8. The Balaban J connectivity index is 1.36. The van der Waals surface area contributed by atoms with E-state index >= 15 is 0 Å². The van der Waals surface area contributed by atoms with Crippen molar-refractivity contribution in [1.29, 1.82) is 0 Å². The summed E-state index contributed by atoms with van der Waals surface area (Å²) in [7, 11) is 0. The van der Waals surface area contributed by atoms with Crippen LogP contribution in [0.1, 0.15) is 44.2 Å². The van der Waals surface area contributed by atoms with Gasteiger partial charge in [-0.15, -0.1) is 0 Å². The van der Waals surface area contributed by atoms with Crippen molar-refractivity contribution in [3.05, 3.63) is 84.7 Å². The predicted octanol–water partition coefficient (Wildman–Crippen LogP) is 4.53. The maximum Gasteiger partial charge on any atom is 0.327 e. The van der Waals surface area contributed by atoms with E-state index in [1.54, 1.807) is 0 Å². The quantitative estimate of drug-likeness (QED) is 0.449. The van der Waals surface area contributed by atoms with Crippen molar-refractivity contribution in [1.82, 2.24) is 4.48 Å². The fourth-order valence-corrected chi connectivity index (χ4v) is 6.96. The number of nitrogens with zero attached hydrogens (tertiary/aromatic N) is 2. The number of hydrogen-bond acceptors (Lipinski definition) is 1. The summed E-state index contributed by atoms with van der Waals surface area (Å²) >= 11 is 0. The van der Waals surface area contributed by atoms with Crippen LogP contribution in [0.4, 0.5) is 0 Å². The van der Waals surface area contributed by atoms with Gasteiger partial charge in [0.15, 0.2) is 0 Å². The van der Waals surface area contributed by atoms with Crippen LogP contribution in [0.3, 0.4) is 0 Å². The topological polar surface area (TPSA) is 17.3 Å². The monoisotopic (exact) mass is 392 g/mol. The van der Waals surface area contributed by atoms with Crippen LogP contribution in [-0.4, -0.2) is 23.1 Å². The van der Waals surface area contributed by atoms with Gasteiger partial charge in [0, 0.05) is 11.9 Å². The fourth-order valence-electron chi connectivity index (χ4n) is 6.96. The largest absolute Gasteiger partial charge is 0.382 e. The lowest BCUT2D eigenvalue weighted by atomic mass is 9.50. The molecule has 1 aromatic heterocycles. The molecule has 3 aromatic rings. The van der Waals surface area contributed by atoms with Crippen LogP contribution < -0.4 is 10.9 Å². The molecule has 4 saturated carbocycles. The van der Waals surface area contributed by atoms with Crippen molar-refractivity contribution >= 4 is 24.0 Å². The Labute approximate surface area is 180 Å². The molecule has 2 aromatic carbocycles. The molecule has 4 aliphatic carbocycles. The highest BCUT2D eigenvalue weighted by molar-refractivity contribution is 6.84. The van der Waals surface area contributed by atoms with E-state index in [1.165, 1.54) is 55.1 Å². The summed E-state index contributed by atoms with van der Waals surface area (Å²) in [4.78, 5) is 5.34. The van der Waals surface area contributed by atoms with Gasteiger partial charge in [0.1, 0.15) is 0 Å². The summed E-state index contributed by atoms with van der Waals surface area (Å²) < 4.78 is 2.40. The molecule has 4 aliphatic rings. The maximum absolute atomic E-state index is 5.34. The number of rotatable bonds is 5. The molecule has 0 saturated heterocycles. The summed E-state index contributed by atoms with van der Waals surface area (Å²) in [6.45, 7) is 0.167. The molecule has 0 radical (unpaired) electrons. The van der Waals surface area contributed by atoms with Crippen LogP contribution in [0.15, 0.2) is 84.0 Å². The summed E-state index contributed by atoms with van der Waals surface area (Å²) in [5.74, 6) is 2.80. The minimum absolute atomic E-state index is 0.167. The van der Waals surface area contributed by atoms with Crippen molar-refractivity contribution in [2.75, 3.05) is 0 Å². The minimum Gasteiger partial charge on any atom is -0.382 e. The Morgan fingerprint density at radius 1 is 0.733 bits per heavy atom. The first kappa shape index (κ1) is 18.2. The van der Waals surface area contributed by atoms with Gasteiger partial charge < -0.3 is 4.48 Å². The number of aromatic nitrogens is 1. The molecule has 7 rings (SSSR count). The average molecular weight is 392 g/mol. The predicted molar refractivity (Wildman–Crippen MR) is 126 cm³/mol. The Hall–Kier alpha value is -2.55. The molecule has 0 unspecified atom stereocenters. The Bertz CT molecular complexity index is 962. The van der Waals surface area contributed by atoms with Crippen LogP contribution in [0, 0.1) is 17.8 Å². The highest BCUT2D eigenvalue weighted by Gasteiger charge is 2.50. The number of hydrogen-bond donors (Lipinski definition) is 0. The van der Waals surface area contributed by atoms with Crippen molar-refractivity contribution in [2.45, 2.75) is 44.1 Å². The van der Waals surface area contributed by atoms with E-state index in [0.717, 1.165) is 17.8 Å². The molecule has 4 bridgehead atoms. The van der Waals surface area contributed by atoms with Gasteiger partial charge in [-0.3, -0.25) is 4.99 Å². The zero-order valence-corrected chi connectivity index (χ0v) is 17.5. The lowest BCUT2D eigenvalue weighted by Crippen LogP contribution is -2.50. The maximum atomic E-state index is 5.34. The normalized spacial score (nSPS) is 29.5. The minimum atomic E-state index is 0.167. The molecule has 3 heteroatoms. The molecular formula is C27H29BN2. The first-order valence-corrected chi connectivity index (χ1v) is 11.6. The lowest BCUT2D eigenvalue weighted by Gasteiger charge is -2.54. The molecule has 30 heavy (non-hydrogen) atoms. The second-order valence-corrected chi connectivity index (χ2v) is 9.96. The molecule has 1 heterocycles. The van der Waals surface area contributed by atoms with E-state index in [2.05, 4.69) is 89.7 Å². The Morgan fingerprint density at radius 3 is 1.80 bits per heavy atom. The second-order valence-electron chi connectivity index (χ2n) is 9.96. The van der Waals surface area contributed by atoms with E-state index in [0.29, 0.717) is 0 Å². The summed E-state index contributed by atoms with van der Waals surface area (Å²) in [5, 5.41) is 0. The van der Waals surface area contributed by atoms with Crippen LogP contribution in [-0.2, 0) is 0 Å². The van der Waals surface area contributed by atoms with Gasteiger partial charge in [-0.05, 0) is 74.6 Å². The number of benzene rings is 2. The van der Waals surface area contributed by atoms with E-state index in [1.807, 2.05) is 0 Å². The summed E-state index contributed by atoms with van der Waals surface area (Å²) in [6, 6.07) is 26.1. The van der Waals surface area contributed by atoms with Gasteiger partial charge in [-0.2, -0.15) is 0 Å². The highest BCUT2D eigenvalue weighted by Crippen LogP contribution is 2.57. The summed E-state index contributed by atoms with van der Waals surface area (Å²) in [5.41, 5.74) is 4.05. The van der Waals surface area contributed by atoms with Crippen LogP contribution in [0.2, 0.25) is 0 Å². The smallest absolute Gasteiger partial charge is 0.327 e. The number of aliphatic imine (C=N–C) groups is 1. The van der Waals surface area contributed by atoms with Gasteiger partial charge in [0.05, 0.1) is 5.54 Å². The van der Waals surface area contributed by atoms with E-state index in [9.17, 15) is 0 Å². The van der Waals surface area contributed by atoms with Gasteiger partial charge in [-0.25, -0.2) is 0 Å². The van der Waals surface area contributed by atoms with Crippen molar-refractivity contribution < 1.29 is 0 Å². The zero-order valence-electron chi connectivity index (χ0n) is 17.5. The van der Waals surface area contributed by atoms with Crippen LogP contribution in [0.25, 0.3) is 0 Å². The SMILES string of the molecule is C(=NC12CC3CC(CC(C3)C1)C2)c1cccn1B(c1ccccc1)c1ccccc1. The molecule has 0 N–H and O–H groups in total. The third kappa shape index (κ3) is 3.25. The molecular weight excluding hydrogens is 363 g/mol. The lowest BCUT2D eigenvalue weighted by molar-refractivity contribution is 0.00194. The van der Waals surface area contributed by atoms with E-state index in [-0.39, 0.29) is 12.4 Å². The molecule has 2 nitrogen and oxygen atoms in total. The van der Waals surface area contributed by atoms with Gasteiger partial charge in [0.25, 0.3) is 0 Å². The Kier molecular flexibility index (Phi) is 4.44. The van der Waals surface area contributed by atoms with Crippen molar-refractivity contribution in [3.63, 3.8) is 0 Å². The second kappa shape index (κ2) is 7.30. The third-order valence-electron chi connectivity index (χ3n) is 7.80. The van der Waals surface area contributed by atoms with Crippen LogP contribution >= 0.6 is 0 Å². The zero-order chi connectivity index (χ0) is 20.0. The standard InChI is InChI=1S/C27H29BN2/c1-3-8-24(9-4-1)28(25-10-5-2-6-11-25)30-13-7-12-26(30)20-29-27-17-21-14-22(18-27)16-23(15-21)19-27/h1-13,20-23H,14-19H2. The molecule has 0 aliphatic heterocycles. The third-order valence-corrected chi connectivity index (χ3v) is 7.80. The Morgan fingerprint density at radius 2 is 1.27 bits per heavy atom. The van der Waals surface area contributed by atoms with E-state index in [4.69, 9.17) is 4.99 Å². The molecule has 4 fully saturated rings. The van der Waals surface area contributed by atoms with Gasteiger partial charge >= 0.3 is 6.85 Å². The van der Waals surface area contributed by atoms with Crippen molar-refractivity contribution in [2.24, 2.45) is 22.7 Å². The van der Waals surface area contributed by atoms with E-state index < -0.39 is 0 Å². The molecule has 0 amide bonds. The highest BCUT2D eigenvalue weighted by atomic mass is 14.9. The molecule has 0 spiro atoms. The fraction of sp³-hybridized carbons (Fsp3) is 0.370. The molecule has 150 valence electrons. The van der Waals surface area contributed by atoms with Crippen molar-refractivity contribution in [3.8, 4) is 0 Å². The van der Waals surface area contributed by atoms with Gasteiger partial charge in [0.2, 0.25) is 0 Å².